The van der Waals surface area contributed by atoms with Crippen LogP contribution >= 0.6 is 11.8 Å². The van der Waals surface area contributed by atoms with Gasteiger partial charge in [0.25, 0.3) is 0 Å². The number of hydrogen-bond donors (Lipinski definition) is 1. The van der Waals surface area contributed by atoms with E-state index in [1.54, 1.807) is 4.68 Å². The van der Waals surface area contributed by atoms with Crippen LogP contribution in [-0.2, 0) is 11.3 Å². The van der Waals surface area contributed by atoms with E-state index in [0.29, 0.717) is 11.7 Å². The monoisotopic (exact) mass is 319 g/mol. The van der Waals surface area contributed by atoms with Crippen molar-refractivity contribution in [3.8, 4) is 0 Å². The summed E-state index contributed by atoms with van der Waals surface area (Å²) in [6, 6.07) is 8.28. The van der Waals surface area contributed by atoms with Crippen LogP contribution in [0.4, 0.5) is 0 Å². The van der Waals surface area contributed by atoms with E-state index in [9.17, 15) is 4.79 Å². The van der Waals surface area contributed by atoms with Gasteiger partial charge in [-0.2, -0.15) is 0 Å². The molecular formula is C15H21N5OS. The molecule has 1 atom stereocenters. The molecule has 2 rings (SSSR count). The predicted molar refractivity (Wildman–Crippen MR) is 86.5 cm³/mol. The number of tetrazole rings is 1. The molecule has 2 aromatic rings. The third-order valence-corrected chi connectivity index (χ3v) is 4.24. The number of aromatic nitrogens is 4. The second kappa shape index (κ2) is 7.40. The molecule has 0 unspecified atom stereocenters. The van der Waals surface area contributed by atoms with Gasteiger partial charge in [-0.15, -0.1) is 5.10 Å². The summed E-state index contributed by atoms with van der Waals surface area (Å²) in [5.41, 5.74) is 2.29. The molecule has 22 heavy (non-hydrogen) atoms. The Balaban J connectivity index is 1.89. The molecule has 1 heterocycles. The van der Waals surface area contributed by atoms with Crippen molar-refractivity contribution >= 4 is 17.7 Å². The molecule has 0 bridgehead atoms. The van der Waals surface area contributed by atoms with Crippen LogP contribution in [0.15, 0.2) is 29.4 Å². The molecule has 0 radical (unpaired) electrons. The average molecular weight is 319 g/mol. The highest BCUT2D eigenvalue weighted by Crippen LogP contribution is 2.22. The van der Waals surface area contributed by atoms with Crippen molar-refractivity contribution in [2.45, 2.75) is 50.7 Å². The van der Waals surface area contributed by atoms with Crippen molar-refractivity contribution < 1.29 is 4.79 Å². The third kappa shape index (κ3) is 4.30. The molecule has 1 aromatic heterocycles. The summed E-state index contributed by atoms with van der Waals surface area (Å²) in [4.78, 5) is 12.2. The maximum atomic E-state index is 12.2. The molecule has 118 valence electrons. The van der Waals surface area contributed by atoms with Crippen LogP contribution in [0.25, 0.3) is 0 Å². The molecule has 7 heteroatoms. The minimum atomic E-state index is -0.256. The zero-order valence-corrected chi connectivity index (χ0v) is 14.1. The molecule has 1 N–H and O–H groups in total. The van der Waals surface area contributed by atoms with E-state index in [1.165, 1.54) is 17.3 Å². The highest BCUT2D eigenvalue weighted by molar-refractivity contribution is 8.00. The van der Waals surface area contributed by atoms with Gasteiger partial charge in [0.15, 0.2) is 0 Å². The van der Waals surface area contributed by atoms with Crippen LogP contribution in [0.3, 0.4) is 0 Å². The van der Waals surface area contributed by atoms with Crippen molar-refractivity contribution in [1.29, 1.82) is 0 Å². The highest BCUT2D eigenvalue weighted by atomic mass is 32.2. The van der Waals surface area contributed by atoms with Crippen LogP contribution in [0.2, 0.25) is 0 Å². The molecule has 6 nitrogen and oxygen atoms in total. The zero-order chi connectivity index (χ0) is 16.1. The Morgan fingerprint density at radius 2 is 1.95 bits per heavy atom. The van der Waals surface area contributed by atoms with E-state index in [0.717, 1.165) is 5.56 Å². The molecule has 0 spiro atoms. The van der Waals surface area contributed by atoms with E-state index < -0.39 is 0 Å². The lowest BCUT2D eigenvalue weighted by Crippen LogP contribution is -2.30. The van der Waals surface area contributed by atoms with E-state index in [-0.39, 0.29) is 17.2 Å². The number of thioether (sulfide) groups is 1. The van der Waals surface area contributed by atoms with Gasteiger partial charge in [0, 0.05) is 6.54 Å². The van der Waals surface area contributed by atoms with Crippen molar-refractivity contribution in [2.24, 2.45) is 0 Å². The zero-order valence-electron chi connectivity index (χ0n) is 13.3. The normalized spacial score (nSPS) is 12.4. The van der Waals surface area contributed by atoms with E-state index in [4.69, 9.17) is 0 Å². The Bertz CT molecular complexity index is 623. The lowest BCUT2D eigenvalue weighted by molar-refractivity contribution is -0.120. The summed E-state index contributed by atoms with van der Waals surface area (Å²) in [5.74, 6) is -0.0242. The molecule has 0 saturated heterocycles. The van der Waals surface area contributed by atoms with Gasteiger partial charge in [-0.3, -0.25) is 4.79 Å². The van der Waals surface area contributed by atoms with Gasteiger partial charge >= 0.3 is 0 Å². The maximum Gasteiger partial charge on any atom is 0.233 e. The fourth-order valence-corrected chi connectivity index (χ4v) is 2.78. The van der Waals surface area contributed by atoms with Crippen molar-refractivity contribution in [2.75, 3.05) is 0 Å². The summed E-state index contributed by atoms with van der Waals surface area (Å²) in [6.45, 7) is 8.43. The molecule has 1 amide bonds. The highest BCUT2D eigenvalue weighted by Gasteiger charge is 2.19. The lowest BCUT2D eigenvalue weighted by atomic mass is 10.1. The second-order valence-corrected chi connectivity index (χ2v) is 6.77. The topological polar surface area (TPSA) is 72.7 Å². The molecular weight excluding hydrogens is 298 g/mol. The number of carbonyl (C=O) groups is 1. The van der Waals surface area contributed by atoms with Crippen LogP contribution in [0.5, 0.6) is 0 Å². The Labute approximate surface area is 134 Å². The largest absolute Gasteiger partial charge is 0.351 e. The van der Waals surface area contributed by atoms with E-state index >= 15 is 0 Å². The fraction of sp³-hybridized carbons (Fsp3) is 0.467. The number of amides is 1. The first kappa shape index (κ1) is 16.5. The van der Waals surface area contributed by atoms with Crippen molar-refractivity contribution in [1.82, 2.24) is 25.5 Å². The van der Waals surface area contributed by atoms with Crippen molar-refractivity contribution in [3.63, 3.8) is 0 Å². The number of carbonyl (C=O) groups excluding carboxylic acids is 1. The van der Waals surface area contributed by atoms with E-state index in [2.05, 4.69) is 20.8 Å². The molecule has 0 saturated carbocycles. The summed E-state index contributed by atoms with van der Waals surface area (Å²) in [6.07, 6.45) is 0. The number of benzene rings is 1. The summed E-state index contributed by atoms with van der Waals surface area (Å²) >= 11 is 1.37. The van der Waals surface area contributed by atoms with Crippen LogP contribution < -0.4 is 5.32 Å². The average Bonchev–Trinajstić information content (AvgIpc) is 2.94. The van der Waals surface area contributed by atoms with Gasteiger partial charge in [0.05, 0.1) is 11.3 Å². The number of hydrogen-bond acceptors (Lipinski definition) is 5. The predicted octanol–water partition coefficient (Wildman–Crippen LogP) is 2.36. The Morgan fingerprint density at radius 3 is 2.59 bits per heavy atom. The van der Waals surface area contributed by atoms with Crippen LogP contribution in [-0.4, -0.2) is 31.4 Å². The Hall–Kier alpha value is -1.89. The second-order valence-electron chi connectivity index (χ2n) is 5.46. The van der Waals surface area contributed by atoms with Gasteiger partial charge in [0.1, 0.15) is 0 Å². The van der Waals surface area contributed by atoms with Gasteiger partial charge < -0.3 is 5.32 Å². The minimum absolute atomic E-state index is 0.0242. The van der Waals surface area contributed by atoms with E-state index in [1.807, 2.05) is 52.0 Å². The fourth-order valence-electron chi connectivity index (χ4n) is 1.84. The molecule has 0 aliphatic carbocycles. The summed E-state index contributed by atoms with van der Waals surface area (Å²) in [7, 11) is 0. The Kier molecular flexibility index (Phi) is 5.54. The first-order chi connectivity index (χ1) is 10.5. The molecule has 0 aliphatic heterocycles. The Morgan fingerprint density at radius 1 is 1.27 bits per heavy atom. The number of rotatable bonds is 6. The summed E-state index contributed by atoms with van der Waals surface area (Å²) < 4.78 is 1.72. The smallest absolute Gasteiger partial charge is 0.233 e. The third-order valence-electron chi connectivity index (χ3n) is 3.19. The quantitative estimate of drug-likeness (QED) is 0.828. The minimum Gasteiger partial charge on any atom is -0.351 e. The number of aryl methyl sites for hydroxylation is 1. The summed E-state index contributed by atoms with van der Waals surface area (Å²) in [5, 5.41) is 14.9. The lowest BCUT2D eigenvalue weighted by Gasteiger charge is -2.13. The standard InChI is InChI=1S/C15H21N5OS/c1-10(2)20-15(17-18-19-20)22-12(4)14(21)16-9-13-7-5-11(3)6-8-13/h5-8,10,12H,9H2,1-4H3,(H,16,21)/t12-/m0/s1. The van der Waals surface area contributed by atoms with Crippen LogP contribution in [0, 0.1) is 6.92 Å². The van der Waals surface area contributed by atoms with Crippen molar-refractivity contribution in [3.05, 3.63) is 35.4 Å². The van der Waals surface area contributed by atoms with Gasteiger partial charge in [0.2, 0.25) is 11.1 Å². The van der Waals surface area contributed by atoms with Gasteiger partial charge in [-0.1, -0.05) is 41.6 Å². The van der Waals surface area contributed by atoms with Crippen LogP contribution in [0.1, 0.15) is 37.9 Å². The number of nitrogens with one attached hydrogen (secondary N) is 1. The maximum absolute atomic E-state index is 12.2. The number of nitrogens with zero attached hydrogens (tertiary/aromatic N) is 4. The SMILES string of the molecule is Cc1ccc(CNC(=O)[C@H](C)Sc2nnnn2C(C)C)cc1. The van der Waals surface area contributed by atoms with Gasteiger partial charge in [-0.25, -0.2) is 4.68 Å². The molecule has 0 fully saturated rings. The van der Waals surface area contributed by atoms with Gasteiger partial charge in [-0.05, 0) is 43.7 Å². The molecule has 1 aromatic carbocycles. The first-order valence-corrected chi connectivity index (χ1v) is 8.13. The molecule has 0 aliphatic rings. The first-order valence-electron chi connectivity index (χ1n) is 7.25.